The van der Waals surface area contributed by atoms with Crippen molar-refractivity contribution < 1.29 is 13.2 Å². The minimum Gasteiger partial charge on any atom is -0.491 e. The predicted molar refractivity (Wildman–Crippen MR) is 65.3 cm³/mol. The van der Waals surface area contributed by atoms with Crippen LogP contribution in [-0.4, -0.2) is 27.3 Å². The molecule has 1 aromatic carbocycles. The minimum atomic E-state index is -3.28. The van der Waals surface area contributed by atoms with E-state index in [1.807, 2.05) is 24.3 Å². The van der Waals surface area contributed by atoms with Gasteiger partial charge in [0.05, 0.1) is 11.8 Å². The maximum absolute atomic E-state index is 11.7. The largest absolute Gasteiger partial charge is 0.491 e. The van der Waals surface area contributed by atoms with Crippen molar-refractivity contribution in [1.29, 1.82) is 0 Å². The van der Waals surface area contributed by atoms with E-state index in [2.05, 4.69) is 4.72 Å². The zero-order valence-corrected chi connectivity index (χ0v) is 10.2. The van der Waals surface area contributed by atoms with E-state index < -0.39 is 10.0 Å². The third kappa shape index (κ3) is 2.96. The lowest BCUT2D eigenvalue weighted by molar-refractivity contribution is 0.325. The van der Waals surface area contributed by atoms with E-state index in [0.29, 0.717) is 19.6 Å². The van der Waals surface area contributed by atoms with Crippen LogP contribution in [0.5, 0.6) is 5.75 Å². The van der Waals surface area contributed by atoms with Gasteiger partial charge in [-0.15, -0.1) is 0 Å². The van der Waals surface area contributed by atoms with Crippen molar-refractivity contribution in [3.8, 4) is 5.75 Å². The zero-order chi connectivity index (χ0) is 12.3. The van der Waals surface area contributed by atoms with Crippen molar-refractivity contribution in [2.24, 2.45) is 5.73 Å². The van der Waals surface area contributed by atoms with Crippen molar-refractivity contribution in [2.75, 3.05) is 18.9 Å². The fourth-order valence-electron chi connectivity index (χ4n) is 1.81. The Labute approximate surface area is 101 Å². The lowest BCUT2D eigenvalue weighted by Gasteiger charge is -2.11. The first kappa shape index (κ1) is 12.3. The molecule has 17 heavy (non-hydrogen) atoms. The summed E-state index contributed by atoms with van der Waals surface area (Å²) in [5.41, 5.74) is 6.20. The number of benzene rings is 1. The molecule has 1 aromatic rings. The summed E-state index contributed by atoms with van der Waals surface area (Å²) < 4.78 is 31.5. The van der Waals surface area contributed by atoms with Crippen LogP contribution in [0.4, 0.5) is 0 Å². The Balaban J connectivity index is 2.07. The standard InChI is InChI=1S/C11H16N2O3S/c12-6-3-7-17(14,15)13-10-8-16-11-5-2-1-4-9(10)11/h1-2,4-5,10,13H,3,6-8,12H2. The number of hydrogen-bond acceptors (Lipinski definition) is 4. The van der Waals surface area contributed by atoms with E-state index in [1.165, 1.54) is 0 Å². The summed E-state index contributed by atoms with van der Waals surface area (Å²) in [6, 6.07) is 7.16. The SMILES string of the molecule is NCCCS(=O)(=O)NC1COc2ccccc21. The van der Waals surface area contributed by atoms with E-state index in [9.17, 15) is 8.42 Å². The second-order valence-corrected chi connectivity index (χ2v) is 5.85. The molecule has 1 unspecified atom stereocenters. The Morgan fingerprint density at radius 3 is 2.94 bits per heavy atom. The van der Waals surface area contributed by atoms with Gasteiger partial charge in [0.15, 0.2) is 0 Å². The number of nitrogens with one attached hydrogen (secondary N) is 1. The van der Waals surface area contributed by atoms with Gasteiger partial charge in [-0.3, -0.25) is 0 Å². The van der Waals surface area contributed by atoms with Crippen LogP contribution in [0, 0.1) is 0 Å². The molecule has 0 spiro atoms. The van der Waals surface area contributed by atoms with E-state index in [4.69, 9.17) is 10.5 Å². The smallest absolute Gasteiger partial charge is 0.212 e. The molecule has 0 saturated heterocycles. The van der Waals surface area contributed by atoms with Crippen LogP contribution in [0.3, 0.4) is 0 Å². The van der Waals surface area contributed by atoms with Crippen LogP contribution >= 0.6 is 0 Å². The number of rotatable bonds is 5. The lowest BCUT2D eigenvalue weighted by atomic mass is 10.1. The molecule has 0 amide bonds. The lowest BCUT2D eigenvalue weighted by Crippen LogP contribution is -2.32. The number of hydrogen-bond donors (Lipinski definition) is 2. The fraction of sp³-hybridized carbons (Fsp3) is 0.455. The predicted octanol–water partition coefficient (Wildman–Crippen LogP) is 0.388. The van der Waals surface area contributed by atoms with Crippen LogP contribution in [-0.2, 0) is 10.0 Å². The molecule has 0 aromatic heterocycles. The van der Waals surface area contributed by atoms with Crippen LogP contribution in [0.2, 0.25) is 0 Å². The number of ether oxygens (including phenoxy) is 1. The summed E-state index contributed by atoms with van der Waals surface area (Å²) in [7, 11) is -3.28. The Bertz CT molecular complexity index is 487. The summed E-state index contributed by atoms with van der Waals surface area (Å²) >= 11 is 0. The van der Waals surface area contributed by atoms with Gasteiger partial charge in [0.1, 0.15) is 12.4 Å². The molecule has 0 radical (unpaired) electrons. The van der Waals surface area contributed by atoms with Crippen LogP contribution in [0.1, 0.15) is 18.0 Å². The third-order valence-corrected chi connectivity index (χ3v) is 4.11. The van der Waals surface area contributed by atoms with E-state index >= 15 is 0 Å². The molecule has 1 heterocycles. The second-order valence-electron chi connectivity index (χ2n) is 3.98. The quantitative estimate of drug-likeness (QED) is 0.798. The summed E-state index contributed by atoms with van der Waals surface area (Å²) in [6.07, 6.45) is 0.463. The molecule has 94 valence electrons. The first-order valence-corrected chi connectivity index (χ1v) is 7.19. The Morgan fingerprint density at radius 1 is 1.41 bits per heavy atom. The molecule has 3 N–H and O–H groups in total. The molecule has 2 rings (SSSR count). The molecular formula is C11H16N2O3S. The van der Waals surface area contributed by atoms with Gasteiger partial charge in [0.25, 0.3) is 0 Å². The van der Waals surface area contributed by atoms with Gasteiger partial charge < -0.3 is 10.5 Å². The molecule has 1 atom stereocenters. The van der Waals surface area contributed by atoms with E-state index in [0.717, 1.165) is 11.3 Å². The minimum absolute atomic E-state index is 0.0577. The molecule has 0 saturated carbocycles. The van der Waals surface area contributed by atoms with Crippen molar-refractivity contribution in [1.82, 2.24) is 4.72 Å². The molecule has 0 aliphatic carbocycles. The Kier molecular flexibility index (Phi) is 3.66. The highest BCUT2D eigenvalue weighted by atomic mass is 32.2. The molecule has 0 bridgehead atoms. The highest BCUT2D eigenvalue weighted by molar-refractivity contribution is 7.89. The van der Waals surface area contributed by atoms with Gasteiger partial charge in [-0.2, -0.15) is 0 Å². The van der Waals surface area contributed by atoms with E-state index in [-0.39, 0.29) is 11.8 Å². The average Bonchev–Trinajstić information content (AvgIpc) is 2.70. The Hall–Kier alpha value is -1.11. The third-order valence-electron chi connectivity index (χ3n) is 2.64. The maximum Gasteiger partial charge on any atom is 0.212 e. The summed E-state index contributed by atoms with van der Waals surface area (Å²) in [5, 5.41) is 0. The van der Waals surface area contributed by atoms with Gasteiger partial charge in [-0.25, -0.2) is 13.1 Å². The first-order valence-electron chi connectivity index (χ1n) is 5.54. The van der Waals surface area contributed by atoms with Gasteiger partial charge in [-0.05, 0) is 19.0 Å². The number of nitrogens with two attached hydrogens (primary N) is 1. The van der Waals surface area contributed by atoms with Crippen LogP contribution < -0.4 is 15.2 Å². The monoisotopic (exact) mass is 256 g/mol. The van der Waals surface area contributed by atoms with Crippen molar-refractivity contribution in [3.63, 3.8) is 0 Å². The second kappa shape index (κ2) is 5.03. The average molecular weight is 256 g/mol. The van der Waals surface area contributed by atoms with Crippen molar-refractivity contribution >= 4 is 10.0 Å². The van der Waals surface area contributed by atoms with E-state index in [1.54, 1.807) is 0 Å². The Morgan fingerprint density at radius 2 is 2.18 bits per heavy atom. The molecular weight excluding hydrogens is 240 g/mol. The molecule has 1 aliphatic rings. The normalized spacial score (nSPS) is 18.8. The number of fused-ring (bicyclic) bond motifs is 1. The molecule has 6 heteroatoms. The van der Waals surface area contributed by atoms with Gasteiger partial charge in [0, 0.05) is 5.56 Å². The van der Waals surface area contributed by atoms with Crippen LogP contribution in [0.15, 0.2) is 24.3 Å². The topological polar surface area (TPSA) is 81.4 Å². The highest BCUT2D eigenvalue weighted by Crippen LogP contribution is 2.31. The van der Waals surface area contributed by atoms with Gasteiger partial charge >= 0.3 is 0 Å². The molecule has 5 nitrogen and oxygen atoms in total. The number of sulfonamides is 1. The summed E-state index contributed by atoms with van der Waals surface area (Å²) in [6.45, 7) is 0.722. The first-order chi connectivity index (χ1) is 8.12. The maximum atomic E-state index is 11.7. The number of para-hydroxylation sites is 1. The summed E-state index contributed by atoms with van der Waals surface area (Å²) in [5.74, 6) is 0.807. The highest BCUT2D eigenvalue weighted by Gasteiger charge is 2.27. The van der Waals surface area contributed by atoms with Gasteiger partial charge in [0.2, 0.25) is 10.0 Å². The zero-order valence-electron chi connectivity index (χ0n) is 9.43. The van der Waals surface area contributed by atoms with Crippen LogP contribution in [0.25, 0.3) is 0 Å². The van der Waals surface area contributed by atoms with Gasteiger partial charge in [-0.1, -0.05) is 18.2 Å². The van der Waals surface area contributed by atoms with Crippen molar-refractivity contribution in [2.45, 2.75) is 12.5 Å². The summed E-state index contributed by atoms with van der Waals surface area (Å²) in [4.78, 5) is 0. The fourth-order valence-corrected chi connectivity index (χ4v) is 3.10. The van der Waals surface area contributed by atoms with Crippen molar-refractivity contribution in [3.05, 3.63) is 29.8 Å². The molecule has 0 fully saturated rings. The molecule has 1 aliphatic heterocycles.